The quantitative estimate of drug-likeness (QED) is 0.353. The fraction of sp³-hybridized carbons (Fsp3) is 0.250. The number of ether oxygens (including phenoxy) is 1. The number of phenols is 1. The Kier molecular flexibility index (Phi) is 7.89. The van der Waals surface area contributed by atoms with Gasteiger partial charge in [0.05, 0.1) is 7.11 Å². The molecule has 0 aliphatic carbocycles. The monoisotopic (exact) mass is 532 g/mol. The van der Waals surface area contributed by atoms with Crippen LogP contribution in [0, 0.1) is 5.82 Å². The van der Waals surface area contributed by atoms with Crippen molar-refractivity contribution in [3.05, 3.63) is 84.2 Å². The lowest BCUT2D eigenvalue weighted by molar-refractivity contribution is -0.128. The lowest BCUT2D eigenvalue weighted by atomic mass is 10.0. The van der Waals surface area contributed by atoms with Crippen LogP contribution in [0.2, 0.25) is 0 Å². The highest BCUT2D eigenvalue weighted by molar-refractivity contribution is 6.01. The first kappa shape index (κ1) is 27.2. The Bertz CT molecular complexity index is 1450. The van der Waals surface area contributed by atoms with Crippen molar-refractivity contribution in [3.8, 4) is 22.9 Å². The van der Waals surface area contributed by atoms with E-state index in [9.17, 15) is 19.1 Å². The highest BCUT2D eigenvalue weighted by Gasteiger charge is 2.35. The normalized spacial score (nSPS) is 12.0. The van der Waals surface area contributed by atoms with Crippen molar-refractivity contribution in [2.45, 2.75) is 38.9 Å². The maximum Gasteiger partial charge on any atom is 0.251 e. The second-order valence-corrected chi connectivity index (χ2v) is 9.85. The summed E-state index contributed by atoms with van der Waals surface area (Å²) in [6, 6.07) is 17.3. The number of tetrazole rings is 1. The van der Waals surface area contributed by atoms with Gasteiger partial charge in [0.25, 0.3) is 5.91 Å². The first-order valence-electron chi connectivity index (χ1n) is 12.1. The minimum atomic E-state index is -1.11. The van der Waals surface area contributed by atoms with Crippen molar-refractivity contribution in [3.63, 3.8) is 0 Å². The van der Waals surface area contributed by atoms with Gasteiger partial charge in [-0.25, -0.2) is 4.39 Å². The van der Waals surface area contributed by atoms with Gasteiger partial charge in [-0.15, -0.1) is 10.2 Å². The van der Waals surface area contributed by atoms with Crippen LogP contribution < -0.4 is 15.0 Å². The Labute approximate surface area is 225 Å². The third-order valence-electron chi connectivity index (χ3n) is 5.65. The van der Waals surface area contributed by atoms with E-state index in [2.05, 4.69) is 20.7 Å². The van der Waals surface area contributed by atoms with Crippen LogP contribution in [0.5, 0.6) is 11.5 Å². The van der Waals surface area contributed by atoms with Gasteiger partial charge in [0.15, 0.2) is 0 Å². The molecule has 0 spiro atoms. The molecule has 0 radical (unpaired) electrons. The molecular weight excluding hydrogens is 503 g/mol. The van der Waals surface area contributed by atoms with Gasteiger partial charge in [-0.05, 0) is 80.1 Å². The van der Waals surface area contributed by atoms with Crippen LogP contribution in [-0.2, 0) is 16.1 Å². The number of carbonyl (C=O) groups is 2. The van der Waals surface area contributed by atoms with Crippen molar-refractivity contribution >= 4 is 17.5 Å². The SMILES string of the molecule is COc1cccc(N(C(=O)Cn2nnc(-c3ccc(F)cc3)n2)[C@@H](C(=O)NC(C)(C)C)c2ccc(O)cc2)c1. The molecule has 11 heteroatoms. The third kappa shape index (κ3) is 6.75. The summed E-state index contributed by atoms with van der Waals surface area (Å²) in [7, 11) is 1.51. The van der Waals surface area contributed by atoms with E-state index in [4.69, 9.17) is 4.74 Å². The number of halogens is 1. The van der Waals surface area contributed by atoms with Crippen LogP contribution in [0.4, 0.5) is 10.1 Å². The van der Waals surface area contributed by atoms with Gasteiger partial charge in [-0.3, -0.25) is 14.5 Å². The van der Waals surface area contributed by atoms with Gasteiger partial charge in [-0.1, -0.05) is 18.2 Å². The number of benzene rings is 3. The third-order valence-corrected chi connectivity index (χ3v) is 5.65. The predicted molar refractivity (Wildman–Crippen MR) is 142 cm³/mol. The summed E-state index contributed by atoms with van der Waals surface area (Å²) in [5.74, 6) is -0.603. The molecule has 39 heavy (non-hydrogen) atoms. The molecule has 0 saturated carbocycles. The zero-order valence-electron chi connectivity index (χ0n) is 22.0. The molecule has 3 aromatic carbocycles. The standard InChI is InChI=1S/C28H29FN6O4/c1-28(2,3)30-27(38)25(18-10-14-22(36)15-11-18)35(21-6-5-7-23(16-21)39-4)24(37)17-34-32-26(31-33-34)19-8-12-20(29)13-9-19/h5-16,25,36H,17H2,1-4H3,(H,30,38)/t25-/m1/s1. The molecule has 4 rings (SSSR count). The fourth-order valence-corrected chi connectivity index (χ4v) is 3.93. The molecule has 4 aromatic rings. The molecule has 202 valence electrons. The second kappa shape index (κ2) is 11.3. The molecule has 2 amide bonds. The first-order valence-corrected chi connectivity index (χ1v) is 12.1. The Morgan fingerprint density at radius 3 is 2.41 bits per heavy atom. The molecule has 2 N–H and O–H groups in total. The molecule has 1 heterocycles. The maximum atomic E-state index is 13.9. The number of rotatable bonds is 8. The molecule has 0 saturated heterocycles. The van der Waals surface area contributed by atoms with E-state index < -0.39 is 29.2 Å². The van der Waals surface area contributed by atoms with Crippen LogP contribution in [0.15, 0.2) is 72.8 Å². The summed E-state index contributed by atoms with van der Waals surface area (Å²) < 4.78 is 18.7. The summed E-state index contributed by atoms with van der Waals surface area (Å²) in [6.07, 6.45) is 0. The van der Waals surface area contributed by atoms with E-state index in [0.717, 1.165) is 4.80 Å². The highest BCUT2D eigenvalue weighted by atomic mass is 19.1. The average Bonchev–Trinajstić information content (AvgIpc) is 3.35. The van der Waals surface area contributed by atoms with Crippen molar-refractivity contribution < 1.29 is 23.8 Å². The molecule has 1 aromatic heterocycles. The van der Waals surface area contributed by atoms with E-state index in [-0.39, 0.29) is 18.1 Å². The average molecular weight is 533 g/mol. The van der Waals surface area contributed by atoms with E-state index in [1.807, 2.05) is 20.8 Å². The van der Waals surface area contributed by atoms with Crippen molar-refractivity contribution in [2.75, 3.05) is 12.0 Å². The number of hydrogen-bond donors (Lipinski definition) is 2. The van der Waals surface area contributed by atoms with Gasteiger partial charge in [0.1, 0.15) is 29.9 Å². The van der Waals surface area contributed by atoms with Gasteiger partial charge < -0.3 is 15.2 Å². The molecule has 10 nitrogen and oxygen atoms in total. The molecule has 1 atom stereocenters. The zero-order valence-corrected chi connectivity index (χ0v) is 22.0. The number of hydrogen-bond acceptors (Lipinski definition) is 7. The molecular formula is C28H29FN6O4. The Morgan fingerprint density at radius 2 is 1.77 bits per heavy atom. The van der Waals surface area contributed by atoms with Crippen molar-refractivity contribution in [1.82, 2.24) is 25.5 Å². The van der Waals surface area contributed by atoms with Crippen LogP contribution >= 0.6 is 0 Å². The Balaban J connectivity index is 1.75. The van der Waals surface area contributed by atoms with Crippen LogP contribution in [0.1, 0.15) is 32.4 Å². The summed E-state index contributed by atoms with van der Waals surface area (Å²) in [4.78, 5) is 30.1. The number of nitrogens with zero attached hydrogens (tertiary/aromatic N) is 5. The van der Waals surface area contributed by atoms with Gasteiger partial charge in [-0.2, -0.15) is 4.80 Å². The summed E-state index contributed by atoms with van der Waals surface area (Å²) in [6.45, 7) is 5.18. The highest BCUT2D eigenvalue weighted by Crippen LogP contribution is 2.32. The van der Waals surface area contributed by atoms with Gasteiger partial charge >= 0.3 is 0 Å². The lowest BCUT2D eigenvalue weighted by Gasteiger charge is -2.33. The fourth-order valence-electron chi connectivity index (χ4n) is 3.93. The van der Waals surface area contributed by atoms with Crippen molar-refractivity contribution in [1.29, 1.82) is 0 Å². The minimum Gasteiger partial charge on any atom is -0.508 e. The number of methoxy groups -OCH3 is 1. The molecule has 0 aliphatic rings. The molecule has 0 fully saturated rings. The number of aromatic hydroxyl groups is 1. The Morgan fingerprint density at radius 1 is 1.08 bits per heavy atom. The van der Waals surface area contributed by atoms with E-state index >= 15 is 0 Å². The molecule has 0 bridgehead atoms. The van der Waals surface area contributed by atoms with E-state index in [0.29, 0.717) is 22.6 Å². The summed E-state index contributed by atoms with van der Waals surface area (Å²) in [5, 5.41) is 25.1. The van der Waals surface area contributed by atoms with Crippen LogP contribution in [0.3, 0.4) is 0 Å². The van der Waals surface area contributed by atoms with Crippen molar-refractivity contribution in [2.24, 2.45) is 0 Å². The predicted octanol–water partition coefficient (Wildman–Crippen LogP) is 3.88. The number of phenolic OH excluding ortho intramolecular Hbond substituents is 1. The number of anilines is 1. The lowest BCUT2D eigenvalue weighted by Crippen LogP contribution is -2.50. The maximum absolute atomic E-state index is 13.9. The number of aromatic nitrogens is 4. The Hall–Kier alpha value is -4.80. The second-order valence-electron chi connectivity index (χ2n) is 9.85. The molecule has 0 aliphatic heterocycles. The smallest absolute Gasteiger partial charge is 0.251 e. The number of amides is 2. The summed E-state index contributed by atoms with van der Waals surface area (Å²) >= 11 is 0. The molecule has 0 unspecified atom stereocenters. The minimum absolute atomic E-state index is 0.0214. The summed E-state index contributed by atoms with van der Waals surface area (Å²) in [5.41, 5.74) is 0.822. The van der Waals surface area contributed by atoms with E-state index in [1.165, 1.54) is 48.4 Å². The number of carbonyl (C=O) groups excluding carboxylic acids is 2. The number of nitrogens with one attached hydrogen (secondary N) is 1. The largest absolute Gasteiger partial charge is 0.508 e. The van der Waals surface area contributed by atoms with Gasteiger partial charge in [0.2, 0.25) is 11.7 Å². The van der Waals surface area contributed by atoms with Gasteiger partial charge in [0, 0.05) is 22.9 Å². The zero-order chi connectivity index (χ0) is 28.2. The van der Waals surface area contributed by atoms with Crippen LogP contribution in [0.25, 0.3) is 11.4 Å². The first-order chi connectivity index (χ1) is 18.5. The van der Waals surface area contributed by atoms with E-state index in [1.54, 1.807) is 36.4 Å². The topological polar surface area (TPSA) is 122 Å². The van der Waals surface area contributed by atoms with Crippen LogP contribution in [-0.4, -0.2) is 49.8 Å².